The van der Waals surface area contributed by atoms with E-state index < -0.39 is 0 Å². The predicted molar refractivity (Wildman–Crippen MR) is 83.1 cm³/mol. The second kappa shape index (κ2) is 5.58. The lowest BCUT2D eigenvalue weighted by Crippen LogP contribution is -2.14. The monoisotopic (exact) mass is 297 g/mol. The van der Waals surface area contributed by atoms with Gasteiger partial charge in [-0.05, 0) is 41.5 Å². The van der Waals surface area contributed by atoms with Gasteiger partial charge in [-0.25, -0.2) is 4.39 Å². The number of rotatable bonds is 3. The summed E-state index contributed by atoms with van der Waals surface area (Å²) in [5.74, 6) is -0.363. The van der Waals surface area contributed by atoms with Gasteiger partial charge in [-0.2, -0.15) is 0 Å². The summed E-state index contributed by atoms with van der Waals surface area (Å²) in [6.07, 6.45) is 1.74. The van der Waals surface area contributed by atoms with E-state index in [0.717, 1.165) is 16.0 Å². The molecule has 2 nitrogen and oxygen atoms in total. The van der Waals surface area contributed by atoms with E-state index in [1.54, 1.807) is 18.2 Å². The third-order valence-electron chi connectivity index (χ3n) is 3.06. The maximum Gasteiger partial charge on any atom is 0.262 e. The average Bonchev–Trinajstić information content (AvgIpc) is 2.79. The molecule has 1 heterocycles. The minimum absolute atomic E-state index is 0.118. The summed E-state index contributed by atoms with van der Waals surface area (Å²) in [5, 5.41) is 2.65. The van der Waals surface area contributed by atoms with Crippen LogP contribution in [0.4, 0.5) is 4.39 Å². The number of amides is 1. The van der Waals surface area contributed by atoms with Crippen LogP contribution in [0.5, 0.6) is 0 Å². The normalized spacial score (nSPS) is 14.0. The number of thioether (sulfide) groups is 1. The van der Waals surface area contributed by atoms with Crippen molar-refractivity contribution in [2.24, 2.45) is 0 Å². The maximum absolute atomic E-state index is 12.9. The molecule has 21 heavy (non-hydrogen) atoms. The highest BCUT2D eigenvalue weighted by Gasteiger charge is 2.18. The van der Waals surface area contributed by atoms with Crippen molar-refractivity contribution >= 4 is 17.7 Å². The molecular formula is C17H12FNOS. The van der Waals surface area contributed by atoms with Gasteiger partial charge in [0.05, 0.1) is 4.91 Å². The van der Waals surface area contributed by atoms with Crippen LogP contribution in [-0.2, 0) is 4.79 Å². The van der Waals surface area contributed by atoms with E-state index in [2.05, 4.69) is 11.9 Å². The molecule has 2 aromatic rings. The Labute approximate surface area is 126 Å². The zero-order valence-electron chi connectivity index (χ0n) is 11.1. The number of hydrogen-bond acceptors (Lipinski definition) is 2. The number of nitrogens with one attached hydrogen (secondary N) is 1. The highest BCUT2D eigenvalue weighted by molar-refractivity contribution is 8.04. The van der Waals surface area contributed by atoms with Gasteiger partial charge in [-0.1, -0.05) is 42.6 Å². The zero-order valence-corrected chi connectivity index (χ0v) is 11.9. The topological polar surface area (TPSA) is 29.1 Å². The summed E-state index contributed by atoms with van der Waals surface area (Å²) in [6, 6.07) is 14.2. The highest BCUT2D eigenvalue weighted by Crippen LogP contribution is 2.31. The molecule has 0 atom stereocenters. The summed E-state index contributed by atoms with van der Waals surface area (Å²) >= 11 is 1.40. The lowest BCUT2D eigenvalue weighted by atomic mass is 10.1. The van der Waals surface area contributed by atoms with Crippen LogP contribution in [0.25, 0.3) is 11.1 Å². The smallest absolute Gasteiger partial charge is 0.262 e. The molecule has 104 valence electrons. The fraction of sp³-hybridized carbons (Fsp3) is 0. The lowest BCUT2D eigenvalue weighted by molar-refractivity contribution is -0.115. The molecule has 1 N–H and O–H groups in total. The van der Waals surface area contributed by atoms with E-state index in [0.29, 0.717) is 10.6 Å². The standard InChI is InChI=1S/C17H12FNOS/c1-11-10-16(17(20)19-11)21-15-8-4-13(5-9-15)12-2-6-14(18)7-3-12/h2-10H,1H2,(H,19,20). The largest absolute Gasteiger partial charge is 0.322 e. The molecule has 0 spiro atoms. The summed E-state index contributed by atoms with van der Waals surface area (Å²) in [7, 11) is 0. The minimum Gasteiger partial charge on any atom is -0.322 e. The van der Waals surface area contributed by atoms with Crippen LogP contribution in [0.1, 0.15) is 0 Å². The molecule has 1 aliphatic heterocycles. The first-order valence-electron chi connectivity index (χ1n) is 6.37. The van der Waals surface area contributed by atoms with Crippen molar-refractivity contribution in [2.75, 3.05) is 0 Å². The van der Waals surface area contributed by atoms with Gasteiger partial charge in [-0.3, -0.25) is 4.79 Å². The molecule has 0 radical (unpaired) electrons. The van der Waals surface area contributed by atoms with Crippen molar-refractivity contribution in [3.05, 3.63) is 77.6 Å². The molecule has 1 aliphatic rings. The van der Waals surface area contributed by atoms with Crippen LogP contribution >= 0.6 is 11.8 Å². The molecule has 0 aromatic heterocycles. The first-order valence-corrected chi connectivity index (χ1v) is 7.19. The quantitative estimate of drug-likeness (QED) is 0.923. The van der Waals surface area contributed by atoms with Gasteiger partial charge in [0.1, 0.15) is 5.82 Å². The molecule has 1 amide bonds. The zero-order chi connectivity index (χ0) is 14.8. The molecule has 0 saturated heterocycles. The van der Waals surface area contributed by atoms with Crippen molar-refractivity contribution in [1.29, 1.82) is 0 Å². The number of hydrogen-bond donors (Lipinski definition) is 1. The van der Waals surface area contributed by atoms with Gasteiger partial charge < -0.3 is 5.32 Å². The van der Waals surface area contributed by atoms with Crippen molar-refractivity contribution in [3.8, 4) is 11.1 Å². The van der Waals surface area contributed by atoms with Gasteiger partial charge >= 0.3 is 0 Å². The molecule has 4 heteroatoms. The average molecular weight is 297 g/mol. The predicted octanol–water partition coefficient (Wildman–Crippen LogP) is 4.11. The molecule has 0 aliphatic carbocycles. The minimum atomic E-state index is -0.245. The Morgan fingerprint density at radius 1 is 0.952 bits per heavy atom. The Morgan fingerprint density at radius 2 is 1.52 bits per heavy atom. The number of carbonyl (C=O) groups excluding carboxylic acids is 1. The molecule has 0 fully saturated rings. The van der Waals surface area contributed by atoms with E-state index in [1.807, 2.05) is 24.3 Å². The van der Waals surface area contributed by atoms with E-state index in [4.69, 9.17) is 0 Å². The summed E-state index contributed by atoms with van der Waals surface area (Å²) in [6.45, 7) is 3.71. The van der Waals surface area contributed by atoms with Gasteiger partial charge in [0.15, 0.2) is 0 Å². The first kappa shape index (κ1) is 13.6. The fourth-order valence-corrected chi connectivity index (χ4v) is 2.90. The Balaban J connectivity index is 1.78. The van der Waals surface area contributed by atoms with Crippen LogP contribution in [0.2, 0.25) is 0 Å². The van der Waals surface area contributed by atoms with Crippen LogP contribution in [-0.4, -0.2) is 5.91 Å². The van der Waals surface area contributed by atoms with Crippen molar-refractivity contribution in [3.63, 3.8) is 0 Å². The Hall–Kier alpha value is -2.33. The Bertz CT molecular complexity index is 732. The van der Waals surface area contributed by atoms with Crippen LogP contribution < -0.4 is 5.32 Å². The van der Waals surface area contributed by atoms with Gasteiger partial charge in [-0.15, -0.1) is 0 Å². The highest BCUT2D eigenvalue weighted by atomic mass is 32.2. The Kier molecular flexibility index (Phi) is 3.62. The summed E-state index contributed by atoms with van der Waals surface area (Å²) in [5.41, 5.74) is 2.58. The summed E-state index contributed by atoms with van der Waals surface area (Å²) < 4.78 is 12.9. The Morgan fingerprint density at radius 3 is 2.05 bits per heavy atom. The van der Waals surface area contributed by atoms with Gasteiger partial charge in [0, 0.05) is 10.6 Å². The van der Waals surface area contributed by atoms with Gasteiger partial charge in [0.25, 0.3) is 5.91 Å². The maximum atomic E-state index is 12.9. The van der Waals surface area contributed by atoms with Crippen LogP contribution in [0.3, 0.4) is 0 Å². The molecule has 2 aromatic carbocycles. The number of benzene rings is 2. The second-order valence-electron chi connectivity index (χ2n) is 4.62. The molecule has 3 rings (SSSR count). The number of allylic oxidation sites excluding steroid dienone is 1. The van der Waals surface area contributed by atoms with E-state index in [9.17, 15) is 9.18 Å². The number of carbonyl (C=O) groups is 1. The van der Waals surface area contributed by atoms with E-state index in [1.165, 1.54) is 23.9 Å². The van der Waals surface area contributed by atoms with Gasteiger partial charge in [0.2, 0.25) is 0 Å². The molecule has 0 saturated carbocycles. The lowest BCUT2D eigenvalue weighted by Gasteiger charge is -2.04. The summed E-state index contributed by atoms with van der Waals surface area (Å²) in [4.78, 5) is 13.2. The fourth-order valence-electron chi connectivity index (χ4n) is 2.03. The SMILES string of the molecule is C=C1C=C(Sc2ccc(-c3ccc(F)cc3)cc2)C(=O)N1. The molecule has 0 bridgehead atoms. The third-order valence-corrected chi connectivity index (χ3v) is 4.09. The van der Waals surface area contributed by atoms with Crippen molar-refractivity contribution in [1.82, 2.24) is 5.32 Å². The van der Waals surface area contributed by atoms with Crippen LogP contribution in [0, 0.1) is 5.82 Å². The molecular weight excluding hydrogens is 285 g/mol. The van der Waals surface area contributed by atoms with E-state index in [-0.39, 0.29) is 11.7 Å². The van der Waals surface area contributed by atoms with E-state index >= 15 is 0 Å². The van der Waals surface area contributed by atoms with Crippen molar-refractivity contribution < 1.29 is 9.18 Å². The second-order valence-corrected chi connectivity index (χ2v) is 5.74. The van der Waals surface area contributed by atoms with Crippen LogP contribution in [0.15, 0.2) is 76.7 Å². The third kappa shape index (κ3) is 3.06. The van der Waals surface area contributed by atoms with Crippen molar-refractivity contribution in [2.45, 2.75) is 4.90 Å². The number of halogens is 1. The first-order chi connectivity index (χ1) is 10.1. The molecule has 0 unspecified atom stereocenters.